The van der Waals surface area contributed by atoms with Crippen molar-refractivity contribution in [1.29, 1.82) is 0 Å². The van der Waals surface area contributed by atoms with Crippen LogP contribution in [0.25, 0.3) is 0 Å². The van der Waals surface area contributed by atoms with Gasteiger partial charge < -0.3 is 4.74 Å². The number of rotatable bonds is 7. The highest BCUT2D eigenvalue weighted by Gasteiger charge is 2.29. The average molecular weight is 236 g/mol. The summed E-state index contributed by atoms with van der Waals surface area (Å²) in [6.07, 6.45) is -1.74. The standard InChI is InChI=1S/C12H19F3O/c1-5-10(4)6-7-11(9(2)3)16-8-12(13,14)15/h5,10-11H,1-2,6-8H2,3-4H3. The van der Waals surface area contributed by atoms with Gasteiger partial charge in [-0.25, -0.2) is 0 Å². The fraction of sp³-hybridized carbons (Fsp3) is 0.667. The van der Waals surface area contributed by atoms with Crippen LogP contribution in [0.1, 0.15) is 26.7 Å². The number of alkyl halides is 3. The van der Waals surface area contributed by atoms with Gasteiger partial charge in [-0.3, -0.25) is 0 Å². The molecule has 16 heavy (non-hydrogen) atoms. The topological polar surface area (TPSA) is 9.23 Å². The van der Waals surface area contributed by atoms with Gasteiger partial charge in [-0.2, -0.15) is 13.2 Å². The molecule has 0 saturated heterocycles. The minimum atomic E-state index is -4.28. The van der Waals surface area contributed by atoms with Crippen molar-refractivity contribution in [2.24, 2.45) is 5.92 Å². The number of hydrogen-bond acceptors (Lipinski definition) is 1. The molecule has 0 N–H and O–H groups in total. The van der Waals surface area contributed by atoms with Crippen LogP contribution in [0.5, 0.6) is 0 Å². The predicted octanol–water partition coefficient (Wildman–Crippen LogP) is 4.11. The van der Waals surface area contributed by atoms with Crippen molar-refractivity contribution >= 4 is 0 Å². The molecule has 0 amide bonds. The SMILES string of the molecule is C=CC(C)CCC(OCC(F)(F)F)C(=C)C. The van der Waals surface area contributed by atoms with Crippen LogP contribution in [0.2, 0.25) is 0 Å². The molecule has 0 saturated carbocycles. The van der Waals surface area contributed by atoms with E-state index in [2.05, 4.69) is 13.2 Å². The molecule has 0 fully saturated rings. The molecular weight excluding hydrogens is 217 g/mol. The van der Waals surface area contributed by atoms with Crippen LogP contribution in [0, 0.1) is 5.92 Å². The first-order valence-corrected chi connectivity index (χ1v) is 5.22. The summed E-state index contributed by atoms with van der Waals surface area (Å²) in [5.74, 6) is 0.274. The highest BCUT2D eigenvalue weighted by molar-refractivity contribution is 4.98. The van der Waals surface area contributed by atoms with E-state index in [0.29, 0.717) is 12.0 Å². The monoisotopic (exact) mass is 236 g/mol. The van der Waals surface area contributed by atoms with Gasteiger partial charge in [0.15, 0.2) is 0 Å². The molecule has 0 aliphatic carbocycles. The summed E-state index contributed by atoms with van der Waals surface area (Å²) in [5.41, 5.74) is 0.625. The molecule has 0 spiro atoms. The van der Waals surface area contributed by atoms with Gasteiger partial charge in [0.2, 0.25) is 0 Å². The second-order valence-electron chi connectivity index (χ2n) is 4.05. The van der Waals surface area contributed by atoms with Gasteiger partial charge in [-0.1, -0.05) is 25.2 Å². The van der Waals surface area contributed by atoms with Crippen molar-refractivity contribution in [2.75, 3.05) is 6.61 Å². The fourth-order valence-corrected chi connectivity index (χ4v) is 1.20. The van der Waals surface area contributed by atoms with Crippen molar-refractivity contribution in [3.8, 4) is 0 Å². The lowest BCUT2D eigenvalue weighted by Crippen LogP contribution is -2.24. The Morgan fingerprint density at radius 1 is 1.38 bits per heavy atom. The molecule has 1 nitrogen and oxygen atoms in total. The van der Waals surface area contributed by atoms with Crippen molar-refractivity contribution < 1.29 is 17.9 Å². The second-order valence-corrected chi connectivity index (χ2v) is 4.05. The quantitative estimate of drug-likeness (QED) is 0.604. The molecule has 0 rings (SSSR count). The zero-order valence-corrected chi connectivity index (χ0v) is 9.81. The smallest absolute Gasteiger partial charge is 0.364 e. The van der Waals surface area contributed by atoms with Gasteiger partial charge in [-0.05, 0) is 25.7 Å². The Kier molecular flexibility index (Phi) is 6.41. The van der Waals surface area contributed by atoms with Gasteiger partial charge in [0.05, 0.1) is 6.10 Å². The van der Waals surface area contributed by atoms with Gasteiger partial charge >= 0.3 is 6.18 Å². The van der Waals surface area contributed by atoms with Crippen LogP contribution in [0.15, 0.2) is 24.8 Å². The van der Waals surface area contributed by atoms with Crippen LogP contribution < -0.4 is 0 Å². The largest absolute Gasteiger partial charge is 0.411 e. The summed E-state index contributed by atoms with van der Waals surface area (Å²) in [5, 5.41) is 0. The fourth-order valence-electron chi connectivity index (χ4n) is 1.20. The predicted molar refractivity (Wildman–Crippen MR) is 59.2 cm³/mol. The van der Waals surface area contributed by atoms with E-state index in [1.165, 1.54) is 0 Å². The van der Waals surface area contributed by atoms with E-state index in [1.807, 2.05) is 6.92 Å². The summed E-state index contributed by atoms with van der Waals surface area (Å²) in [7, 11) is 0. The average Bonchev–Trinajstić information content (AvgIpc) is 2.14. The molecule has 2 atom stereocenters. The Hall–Kier alpha value is -0.770. The zero-order valence-electron chi connectivity index (χ0n) is 9.81. The number of halogens is 3. The molecule has 0 heterocycles. The van der Waals surface area contributed by atoms with Gasteiger partial charge in [0.1, 0.15) is 6.61 Å². The van der Waals surface area contributed by atoms with E-state index < -0.39 is 18.9 Å². The number of hydrogen-bond donors (Lipinski definition) is 0. The van der Waals surface area contributed by atoms with E-state index in [0.717, 1.165) is 6.42 Å². The molecule has 0 aromatic rings. The Bertz CT molecular complexity index is 233. The Morgan fingerprint density at radius 2 is 1.94 bits per heavy atom. The molecular formula is C12H19F3O. The van der Waals surface area contributed by atoms with Gasteiger partial charge in [-0.15, -0.1) is 6.58 Å². The third-order valence-electron chi connectivity index (χ3n) is 2.28. The lowest BCUT2D eigenvalue weighted by Gasteiger charge is -2.20. The maximum absolute atomic E-state index is 12.0. The zero-order chi connectivity index (χ0) is 12.8. The maximum Gasteiger partial charge on any atom is 0.411 e. The van der Waals surface area contributed by atoms with Crippen LogP contribution in [0.3, 0.4) is 0 Å². The van der Waals surface area contributed by atoms with E-state index in [1.54, 1.807) is 13.0 Å². The first kappa shape index (κ1) is 15.2. The first-order chi connectivity index (χ1) is 7.26. The maximum atomic E-state index is 12.0. The molecule has 0 aliphatic heterocycles. The molecule has 0 radical (unpaired) electrons. The van der Waals surface area contributed by atoms with Crippen LogP contribution in [-0.2, 0) is 4.74 Å². The Balaban J connectivity index is 4.08. The first-order valence-electron chi connectivity index (χ1n) is 5.22. The van der Waals surface area contributed by atoms with E-state index in [4.69, 9.17) is 4.74 Å². The molecule has 0 aliphatic rings. The van der Waals surface area contributed by atoms with E-state index in [9.17, 15) is 13.2 Å². The summed E-state index contributed by atoms with van der Waals surface area (Å²) in [4.78, 5) is 0. The highest BCUT2D eigenvalue weighted by Crippen LogP contribution is 2.20. The third kappa shape index (κ3) is 7.51. The van der Waals surface area contributed by atoms with Crippen molar-refractivity contribution in [3.63, 3.8) is 0 Å². The molecule has 2 unspecified atom stereocenters. The summed E-state index contributed by atoms with van der Waals surface area (Å²) in [6, 6.07) is 0. The van der Waals surface area contributed by atoms with E-state index >= 15 is 0 Å². The van der Waals surface area contributed by atoms with E-state index in [-0.39, 0.29) is 5.92 Å². The molecule has 0 bridgehead atoms. The Morgan fingerprint density at radius 3 is 2.31 bits per heavy atom. The van der Waals surface area contributed by atoms with Crippen molar-refractivity contribution in [3.05, 3.63) is 24.8 Å². The minimum Gasteiger partial charge on any atom is -0.364 e. The van der Waals surface area contributed by atoms with Crippen molar-refractivity contribution in [1.82, 2.24) is 0 Å². The minimum absolute atomic E-state index is 0.274. The molecule has 0 aromatic heterocycles. The normalized spacial score (nSPS) is 15.6. The highest BCUT2D eigenvalue weighted by atomic mass is 19.4. The second kappa shape index (κ2) is 6.74. The summed E-state index contributed by atoms with van der Waals surface area (Å²) >= 11 is 0. The summed E-state index contributed by atoms with van der Waals surface area (Å²) in [6.45, 7) is 9.70. The van der Waals surface area contributed by atoms with Crippen LogP contribution >= 0.6 is 0 Å². The summed E-state index contributed by atoms with van der Waals surface area (Å²) < 4.78 is 40.7. The molecule has 4 heteroatoms. The molecule has 94 valence electrons. The van der Waals surface area contributed by atoms with Crippen LogP contribution in [-0.4, -0.2) is 18.9 Å². The van der Waals surface area contributed by atoms with Gasteiger partial charge in [0.25, 0.3) is 0 Å². The lowest BCUT2D eigenvalue weighted by atomic mass is 10.0. The Labute approximate surface area is 95.0 Å². The number of ether oxygens (including phenoxy) is 1. The van der Waals surface area contributed by atoms with Crippen molar-refractivity contribution in [2.45, 2.75) is 39.0 Å². The van der Waals surface area contributed by atoms with Crippen LogP contribution in [0.4, 0.5) is 13.2 Å². The van der Waals surface area contributed by atoms with Gasteiger partial charge in [0, 0.05) is 0 Å². The number of allylic oxidation sites excluding steroid dienone is 1. The molecule has 0 aromatic carbocycles. The third-order valence-corrected chi connectivity index (χ3v) is 2.28. The lowest BCUT2D eigenvalue weighted by molar-refractivity contribution is -0.182.